The molecule has 42 heavy (non-hydrogen) atoms. The molecule has 0 spiro atoms. The van der Waals surface area contributed by atoms with E-state index < -0.39 is 0 Å². The highest BCUT2D eigenvalue weighted by Crippen LogP contribution is 2.26. The van der Waals surface area contributed by atoms with Crippen molar-refractivity contribution in [1.82, 2.24) is 15.1 Å². The molecule has 250 valence electrons. The summed E-state index contributed by atoms with van der Waals surface area (Å²) in [6.07, 6.45) is 31.3. The number of carbonyl (C=O) groups excluding carboxylic acids is 1. The molecule has 0 aromatic carbocycles. The fourth-order valence-corrected chi connectivity index (χ4v) is 6.90. The first-order valence-electron chi connectivity index (χ1n) is 18.9. The maximum atomic E-state index is 13.6. The molecule has 2 unspecified atom stereocenters. The predicted octanol–water partition coefficient (Wildman–Crippen LogP) is 10.4. The van der Waals surface area contributed by atoms with Gasteiger partial charge in [-0.15, -0.1) is 0 Å². The number of likely N-dealkylation sites (N-methyl/N-ethyl adjacent to an activating group) is 1. The minimum absolute atomic E-state index is 0.00796. The molecule has 1 heterocycles. The van der Waals surface area contributed by atoms with Gasteiger partial charge in [0, 0.05) is 12.1 Å². The van der Waals surface area contributed by atoms with E-state index in [1.807, 2.05) is 0 Å². The number of hydrogen-bond donors (Lipinski definition) is 1. The topological polar surface area (TPSA) is 35.6 Å². The molecule has 1 N–H and O–H groups in total. The maximum Gasteiger partial charge on any atom is 0.237 e. The fraction of sp³-hybridized carbons (Fsp3) is 0.974. The van der Waals surface area contributed by atoms with Crippen LogP contribution in [0, 0.1) is 11.8 Å². The van der Waals surface area contributed by atoms with Gasteiger partial charge in [0.25, 0.3) is 0 Å². The molecule has 1 rings (SSSR count). The average Bonchev–Trinajstić information content (AvgIpc) is 2.93. The lowest BCUT2D eigenvalue weighted by molar-refractivity contribution is -0.128. The number of amides is 1. The molecule has 0 aliphatic carbocycles. The zero-order chi connectivity index (χ0) is 31.1. The van der Waals surface area contributed by atoms with Crippen LogP contribution in [0.2, 0.25) is 0 Å². The molecule has 0 radical (unpaired) electrons. The summed E-state index contributed by atoms with van der Waals surface area (Å²) >= 11 is 0. The van der Waals surface area contributed by atoms with Crippen LogP contribution in [0.5, 0.6) is 0 Å². The van der Waals surface area contributed by atoms with Gasteiger partial charge in [0.15, 0.2) is 0 Å². The van der Waals surface area contributed by atoms with Crippen LogP contribution in [-0.4, -0.2) is 61.0 Å². The van der Waals surface area contributed by atoms with Crippen molar-refractivity contribution < 1.29 is 4.79 Å². The summed E-state index contributed by atoms with van der Waals surface area (Å²) in [5.41, 5.74) is -0.185. The molecule has 4 heteroatoms. The third-order valence-corrected chi connectivity index (χ3v) is 9.71. The number of unbranched alkanes of at least 4 members (excludes halogenated alkanes) is 16. The van der Waals surface area contributed by atoms with Crippen molar-refractivity contribution in [3.63, 3.8) is 0 Å². The van der Waals surface area contributed by atoms with Crippen LogP contribution in [0.4, 0.5) is 0 Å². The van der Waals surface area contributed by atoms with Crippen molar-refractivity contribution in [2.75, 3.05) is 33.7 Å². The van der Waals surface area contributed by atoms with Gasteiger partial charge in [0.1, 0.15) is 0 Å². The fourth-order valence-electron chi connectivity index (χ4n) is 6.90. The highest BCUT2D eigenvalue weighted by molar-refractivity contribution is 5.82. The minimum Gasteiger partial charge on any atom is -0.350 e. The molecule has 0 saturated carbocycles. The summed E-state index contributed by atoms with van der Waals surface area (Å²) in [6, 6.07) is -0.00796. The van der Waals surface area contributed by atoms with Gasteiger partial charge in [-0.05, 0) is 91.9 Å². The van der Waals surface area contributed by atoms with Gasteiger partial charge in [-0.1, -0.05) is 129 Å². The Morgan fingerprint density at radius 2 is 1.14 bits per heavy atom. The van der Waals surface area contributed by atoms with Crippen LogP contribution in [-0.2, 0) is 4.79 Å². The Hall–Kier alpha value is -0.610. The van der Waals surface area contributed by atoms with Crippen LogP contribution in [0.1, 0.15) is 182 Å². The number of carbonyl (C=O) groups is 1. The van der Waals surface area contributed by atoms with Crippen LogP contribution in [0.25, 0.3) is 0 Å². The van der Waals surface area contributed by atoms with Crippen LogP contribution >= 0.6 is 0 Å². The smallest absolute Gasteiger partial charge is 0.237 e. The van der Waals surface area contributed by atoms with E-state index in [1.54, 1.807) is 0 Å². The summed E-state index contributed by atoms with van der Waals surface area (Å²) in [5.74, 6) is 1.62. The second kappa shape index (κ2) is 24.7. The van der Waals surface area contributed by atoms with Gasteiger partial charge in [0.2, 0.25) is 5.91 Å². The first kappa shape index (κ1) is 39.4. The molecule has 1 aliphatic heterocycles. The molecule has 1 amide bonds. The van der Waals surface area contributed by atoms with Crippen LogP contribution in [0.3, 0.4) is 0 Å². The van der Waals surface area contributed by atoms with Gasteiger partial charge < -0.3 is 10.2 Å². The molecule has 1 saturated heterocycles. The maximum absolute atomic E-state index is 13.6. The van der Waals surface area contributed by atoms with E-state index in [1.165, 1.54) is 154 Å². The van der Waals surface area contributed by atoms with Gasteiger partial charge in [-0.2, -0.15) is 0 Å². The number of nitrogens with zero attached hydrogens (tertiary/aromatic N) is 2. The monoisotopic (exact) mass is 592 g/mol. The summed E-state index contributed by atoms with van der Waals surface area (Å²) in [4.78, 5) is 18.5. The molecule has 0 bridgehead atoms. The SMILES string of the molecule is CCCCCCCCCCCCC(CCCCCCCCCC)CN(C)C(CC1CCN(C)CC1)C(=O)NC(C)(C)C. The summed E-state index contributed by atoms with van der Waals surface area (Å²) in [5, 5.41) is 3.35. The summed E-state index contributed by atoms with van der Waals surface area (Å²) in [6.45, 7) is 14.4. The van der Waals surface area contributed by atoms with E-state index in [-0.39, 0.29) is 17.5 Å². The van der Waals surface area contributed by atoms with E-state index >= 15 is 0 Å². The molecule has 0 aromatic rings. The lowest BCUT2D eigenvalue weighted by atomic mass is 9.88. The molecule has 4 nitrogen and oxygen atoms in total. The highest BCUT2D eigenvalue weighted by atomic mass is 16.2. The third kappa shape index (κ3) is 21.2. The largest absolute Gasteiger partial charge is 0.350 e. The van der Waals surface area contributed by atoms with Crippen molar-refractivity contribution >= 4 is 5.91 Å². The number of hydrogen-bond acceptors (Lipinski definition) is 3. The van der Waals surface area contributed by atoms with Crippen molar-refractivity contribution in [2.45, 2.75) is 194 Å². The second-order valence-electron chi connectivity index (χ2n) is 15.3. The Morgan fingerprint density at radius 3 is 1.55 bits per heavy atom. The Morgan fingerprint density at radius 1 is 0.738 bits per heavy atom. The van der Waals surface area contributed by atoms with Crippen molar-refractivity contribution in [1.29, 1.82) is 0 Å². The Bertz CT molecular complexity index is 622. The molecular formula is C38H77N3O. The van der Waals surface area contributed by atoms with Crippen molar-refractivity contribution in [3.05, 3.63) is 0 Å². The Labute approximate surface area is 264 Å². The van der Waals surface area contributed by atoms with Gasteiger partial charge in [-0.25, -0.2) is 0 Å². The predicted molar refractivity (Wildman–Crippen MR) is 186 cm³/mol. The summed E-state index contributed by atoms with van der Waals surface area (Å²) in [7, 11) is 4.48. The zero-order valence-corrected chi connectivity index (χ0v) is 29.9. The van der Waals surface area contributed by atoms with E-state index in [2.05, 4.69) is 63.8 Å². The van der Waals surface area contributed by atoms with Crippen LogP contribution < -0.4 is 5.32 Å². The third-order valence-electron chi connectivity index (χ3n) is 9.71. The number of piperidine rings is 1. The first-order chi connectivity index (χ1) is 20.2. The molecule has 2 atom stereocenters. The Balaban J connectivity index is 2.65. The van der Waals surface area contributed by atoms with Crippen LogP contribution in [0.15, 0.2) is 0 Å². The molecule has 1 aliphatic rings. The molecular weight excluding hydrogens is 514 g/mol. The molecule has 1 fully saturated rings. The number of nitrogens with one attached hydrogen (secondary N) is 1. The standard InChI is InChI=1S/C38H77N3O/c1-8-10-12-14-16-18-19-21-23-25-27-35(26-24-22-20-17-15-13-11-9-2)33-41(7)36(37(42)39-38(3,4)5)32-34-28-30-40(6)31-29-34/h34-36H,8-33H2,1-7H3,(H,39,42). The van der Waals surface area contributed by atoms with E-state index in [9.17, 15) is 4.79 Å². The Kier molecular flexibility index (Phi) is 23.2. The lowest BCUT2D eigenvalue weighted by Crippen LogP contribution is -2.53. The lowest BCUT2D eigenvalue weighted by Gasteiger charge is -2.37. The summed E-state index contributed by atoms with van der Waals surface area (Å²) < 4.78 is 0. The highest BCUT2D eigenvalue weighted by Gasteiger charge is 2.31. The van der Waals surface area contributed by atoms with Gasteiger partial charge in [0.05, 0.1) is 6.04 Å². The van der Waals surface area contributed by atoms with E-state index in [0.717, 1.165) is 13.0 Å². The minimum atomic E-state index is -0.185. The van der Waals surface area contributed by atoms with Gasteiger partial charge in [-0.3, -0.25) is 9.69 Å². The number of likely N-dealkylation sites (tertiary alicyclic amines) is 1. The van der Waals surface area contributed by atoms with E-state index in [4.69, 9.17) is 0 Å². The van der Waals surface area contributed by atoms with E-state index in [0.29, 0.717) is 11.8 Å². The first-order valence-corrected chi connectivity index (χ1v) is 18.9. The second-order valence-corrected chi connectivity index (χ2v) is 15.3. The van der Waals surface area contributed by atoms with Gasteiger partial charge >= 0.3 is 0 Å². The quantitative estimate of drug-likeness (QED) is 0.102. The molecule has 0 aromatic heterocycles. The number of rotatable bonds is 26. The van der Waals surface area contributed by atoms with Crippen molar-refractivity contribution in [3.8, 4) is 0 Å². The average molecular weight is 592 g/mol. The normalized spacial score (nSPS) is 16.7. The zero-order valence-electron chi connectivity index (χ0n) is 29.9. The van der Waals surface area contributed by atoms with Crippen molar-refractivity contribution in [2.24, 2.45) is 11.8 Å².